The molecule has 1 amide bonds. The lowest BCUT2D eigenvalue weighted by molar-refractivity contribution is 0.0948. The second-order valence-electron chi connectivity index (χ2n) is 5.76. The van der Waals surface area contributed by atoms with E-state index in [-0.39, 0.29) is 11.7 Å². The second kappa shape index (κ2) is 8.75. The van der Waals surface area contributed by atoms with Gasteiger partial charge in [0, 0.05) is 10.6 Å². The molecular weight excluding hydrogens is 381 g/mol. The first-order chi connectivity index (χ1) is 13.0. The van der Waals surface area contributed by atoms with Crippen LogP contribution in [-0.4, -0.2) is 11.0 Å². The molecule has 0 fully saturated rings. The highest BCUT2D eigenvalue weighted by atomic mass is 32.1. The number of rotatable bonds is 4. The van der Waals surface area contributed by atoms with Crippen molar-refractivity contribution >= 4 is 40.3 Å². The molecule has 27 heavy (non-hydrogen) atoms. The van der Waals surface area contributed by atoms with Gasteiger partial charge < -0.3 is 5.32 Å². The number of hydrazine groups is 1. The third kappa shape index (κ3) is 5.12. The number of carbonyl (C=O) groups is 1. The minimum Gasteiger partial charge on any atom is -0.331 e. The quantitative estimate of drug-likeness (QED) is 0.438. The smallest absolute Gasteiger partial charge is 0.279 e. The molecule has 2 aromatic carbocycles. The van der Waals surface area contributed by atoms with E-state index in [0.29, 0.717) is 9.99 Å². The Kier molecular flexibility index (Phi) is 6.16. The number of halogens is 1. The van der Waals surface area contributed by atoms with Gasteiger partial charge in [0.1, 0.15) is 5.82 Å². The lowest BCUT2D eigenvalue weighted by atomic mass is 10.1. The van der Waals surface area contributed by atoms with E-state index in [1.165, 1.54) is 29.0 Å². The molecule has 0 atom stereocenters. The SMILES string of the molecule is CCc1cccc(NC(=S)NNC(=O)c2ccc(-c3ccc(F)cc3)s2)c1. The molecule has 1 aromatic heterocycles. The molecule has 0 aliphatic carbocycles. The Bertz CT molecular complexity index is 954. The number of carbonyl (C=O) groups excluding carboxylic acids is 1. The summed E-state index contributed by atoms with van der Waals surface area (Å²) in [6, 6.07) is 17.6. The van der Waals surface area contributed by atoms with Crippen LogP contribution < -0.4 is 16.2 Å². The molecule has 0 saturated carbocycles. The average Bonchev–Trinajstić information content (AvgIpc) is 3.17. The van der Waals surface area contributed by atoms with E-state index in [9.17, 15) is 9.18 Å². The van der Waals surface area contributed by atoms with Gasteiger partial charge in [0.25, 0.3) is 5.91 Å². The van der Waals surface area contributed by atoms with Crippen molar-refractivity contribution in [1.29, 1.82) is 0 Å². The van der Waals surface area contributed by atoms with Crippen molar-refractivity contribution in [3.8, 4) is 10.4 Å². The number of thiocarbonyl (C=S) groups is 1. The van der Waals surface area contributed by atoms with E-state index in [2.05, 4.69) is 23.1 Å². The molecule has 0 unspecified atom stereocenters. The van der Waals surface area contributed by atoms with Gasteiger partial charge in [-0.05, 0) is 66.2 Å². The van der Waals surface area contributed by atoms with Crippen molar-refractivity contribution in [3.63, 3.8) is 0 Å². The monoisotopic (exact) mass is 399 g/mol. The lowest BCUT2D eigenvalue weighted by Gasteiger charge is -2.11. The van der Waals surface area contributed by atoms with Crippen molar-refractivity contribution < 1.29 is 9.18 Å². The van der Waals surface area contributed by atoms with Crippen LogP contribution in [-0.2, 0) is 6.42 Å². The van der Waals surface area contributed by atoms with Gasteiger partial charge in [0.05, 0.1) is 4.88 Å². The highest BCUT2D eigenvalue weighted by molar-refractivity contribution is 7.80. The van der Waals surface area contributed by atoms with E-state index in [0.717, 1.165) is 22.5 Å². The number of benzene rings is 2. The first kappa shape index (κ1) is 19.0. The molecule has 0 aliphatic heterocycles. The zero-order valence-electron chi connectivity index (χ0n) is 14.6. The molecule has 0 radical (unpaired) electrons. The molecule has 0 bridgehead atoms. The minimum absolute atomic E-state index is 0.289. The van der Waals surface area contributed by atoms with Gasteiger partial charge in [-0.25, -0.2) is 4.39 Å². The van der Waals surface area contributed by atoms with Crippen molar-refractivity contribution in [3.05, 3.63) is 76.9 Å². The first-order valence-corrected chi connectivity index (χ1v) is 9.59. The summed E-state index contributed by atoms with van der Waals surface area (Å²) >= 11 is 6.53. The third-order valence-electron chi connectivity index (χ3n) is 3.84. The van der Waals surface area contributed by atoms with Gasteiger partial charge >= 0.3 is 0 Å². The summed E-state index contributed by atoms with van der Waals surface area (Å²) in [6.45, 7) is 2.08. The summed E-state index contributed by atoms with van der Waals surface area (Å²) in [5, 5.41) is 3.33. The zero-order chi connectivity index (χ0) is 19.2. The van der Waals surface area contributed by atoms with Crippen molar-refractivity contribution in [2.75, 3.05) is 5.32 Å². The van der Waals surface area contributed by atoms with E-state index in [1.807, 2.05) is 30.3 Å². The predicted octanol–water partition coefficient (Wildman–Crippen LogP) is 4.75. The molecule has 138 valence electrons. The Labute approximate surface area is 166 Å². The van der Waals surface area contributed by atoms with Crippen LogP contribution in [0.5, 0.6) is 0 Å². The van der Waals surface area contributed by atoms with Gasteiger partial charge in [-0.3, -0.25) is 15.6 Å². The largest absolute Gasteiger partial charge is 0.331 e. The molecule has 3 rings (SSSR count). The van der Waals surface area contributed by atoms with E-state index in [4.69, 9.17) is 12.2 Å². The molecule has 0 spiro atoms. The molecule has 3 aromatic rings. The number of hydrogen-bond acceptors (Lipinski definition) is 3. The lowest BCUT2D eigenvalue weighted by Crippen LogP contribution is -2.43. The zero-order valence-corrected chi connectivity index (χ0v) is 16.2. The molecular formula is C20H18FN3OS2. The normalized spacial score (nSPS) is 10.3. The van der Waals surface area contributed by atoms with Crippen LogP contribution in [0.1, 0.15) is 22.2 Å². The fourth-order valence-corrected chi connectivity index (χ4v) is 3.51. The number of amides is 1. The van der Waals surface area contributed by atoms with E-state index >= 15 is 0 Å². The number of aryl methyl sites for hydroxylation is 1. The summed E-state index contributed by atoms with van der Waals surface area (Å²) in [5.74, 6) is -0.581. The van der Waals surface area contributed by atoms with Crippen molar-refractivity contribution in [2.24, 2.45) is 0 Å². The Morgan fingerprint density at radius 2 is 1.85 bits per heavy atom. The second-order valence-corrected chi connectivity index (χ2v) is 7.25. The summed E-state index contributed by atoms with van der Waals surface area (Å²) in [5.41, 5.74) is 8.19. The molecule has 7 heteroatoms. The number of anilines is 1. The Morgan fingerprint density at radius 3 is 2.59 bits per heavy atom. The Hall–Kier alpha value is -2.77. The Balaban J connectivity index is 1.56. The fourth-order valence-electron chi connectivity index (χ4n) is 2.44. The van der Waals surface area contributed by atoms with E-state index < -0.39 is 0 Å². The van der Waals surface area contributed by atoms with Crippen LogP contribution in [0.2, 0.25) is 0 Å². The Morgan fingerprint density at radius 1 is 1.07 bits per heavy atom. The van der Waals surface area contributed by atoms with Crippen LogP contribution in [0.15, 0.2) is 60.7 Å². The van der Waals surface area contributed by atoms with E-state index in [1.54, 1.807) is 18.2 Å². The molecule has 3 N–H and O–H groups in total. The predicted molar refractivity (Wildman–Crippen MR) is 112 cm³/mol. The molecule has 1 heterocycles. The van der Waals surface area contributed by atoms with Crippen LogP contribution in [0.4, 0.5) is 10.1 Å². The van der Waals surface area contributed by atoms with Crippen molar-refractivity contribution in [2.45, 2.75) is 13.3 Å². The van der Waals surface area contributed by atoms with Crippen LogP contribution in [0, 0.1) is 5.82 Å². The number of thiophene rings is 1. The van der Waals surface area contributed by atoms with Crippen LogP contribution in [0.3, 0.4) is 0 Å². The summed E-state index contributed by atoms with van der Waals surface area (Å²) in [6.07, 6.45) is 0.932. The summed E-state index contributed by atoms with van der Waals surface area (Å²) in [4.78, 5) is 13.7. The molecule has 0 saturated heterocycles. The summed E-state index contributed by atoms with van der Waals surface area (Å²) in [7, 11) is 0. The van der Waals surface area contributed by atoms with Gasteiger partial charge in [-0.2, -0.15) is 0 Å². The highest BCUT2D eigenvalue weighted by Crippen LogP contribution is 2.28. The van der Waals surface area contributed by atoms with Crippen LogP contribution in [0.25, 0.3) is 10.4 Å². The maximum absolute atomic E-state index is 13.0. The van der Waals surface area contributed by atoms with Gasteiger partial charge in [0.2, 0.25) is 0 Å². The molecule has 4 nitrogen and oxygen atoms in total. The summed E-state index contributed by atoms with van der Waals surface area (Å²) < 4.78 is 13.0. The van der Waals surface area contributed by atoms with Gasteiger partial charge in [0.15, 0.2) is 5.11 Å². The minimum atomic E-state index is -0.292. The van der Waals surface area contributed by atoms with Gasteiger partial charge in [-0.1, -0.05) is 31.2 Å². The molecule has 0 aliphatic rings. The van der Waals surface area contributed by atoms with Gasteiger partial charge in [-0.15, -0.1) is 11.3 Å². The fraction of sp³-hybridized carbons (Fsp3) is 0.100. The number of nitrogens with one attached hydrogen (secondary N) is 3. The van der Waals surface area contributed by atoms with Crippen molar-refractivity contribution in [1.82, 2.24) is 10.9 Å². The van der Waals surface area contributed by atoms with Crippen LogP contribution >= 0.6 is 23.6 Å². The number of hydrogen-bond donors (Lipinski definition) is 3. The average molecular weight is 400 g/mol. The first-order valence-electron chi connectivity index (χ1n) is 8.37. The highest BCUT2D eigenvalue weighted by Gasteiger charge is 2.11. The maximum atomic E-state index is 13.0. The maximum Gasteiger partial charge on any atom is 0.279 e. The topological polar surface area (TPSA) is 53.2 Å². The standard InChI is InChI=1S/C20H18FN3OS2/c1-2-13-4-3-5-16(12-13)22-20(26)24-23-19(25)18-11-10-17(27-18)14-6-8-15(21)9-7-14/h3-12H,2H2,1H3,(H,23,25)(H2,22,24,26). The third-order valence-corrected chi connectivity index (χ3v) is 5.18.